The van der Waals surface area contributed by atoms with E-state index >= 15 is 0 Å². The number of hydroxylamine groups is 1. The van der Waals surface area contributed by atoms with Gasteiger partial charge in [-0.1, -0.05) is 24.3 Å². The van der Waals surface area contributed by atoms with E-state index in [-0.39, 0.29) is 6.54 Å². The summed E-state index contributed by atoms with van der Waals surface area (Å²) in [6.45, 7) is 12.8. The predicted octanol–water partition coefficient (Wildman–Crippen LogP) is 2.82. The van der Waals surface area contributed by atoms with Crippen LogP contribution in [0.1, 0.15) is 60.5 Å². The molecule has 43 heavy (non-hydrogen) atoms. The van der Waals surface area contributed by atoms with Crippen LogP contribution >= 0.6 is 0 Å². The van der Waals surface area contributed by atoms with Gasteiger partial charge in [-0.15, -0.1) is 0 Å². The number of rotatable bonds is 16. The van der Waals surface area contributed by atoms with Crippen molar-refractivity contribution in [3.63, 3.8) is 0 Å². The Morgan fingerprint density at radius 2 is 1.67 bits per heavy atom. The topological polar surface area (TPSA) is 157 Å². The molecule has 4 amide bonds. The summed E-state index contributed by atoms with van der Waals surface area (Å²) >= 11 is 0. The Morgan fingerprint density at radius 3 is 2.30 bits per heavy atom. The first-order valence-corrected chi connectivity index (χ1v) is 14.4. The third-order valence-electron chi connectivity index (χ3n) is 6.02. The van der Waals surface area contributed by atoms with Gasteiger partial charge in [0.15, 0.2) is 12.9 Å². The molecule has 238 valence electrons. The monoisotopic (exact) mass is 603 g/mol. The van der Waals surface area contributed by atoms with E-state index in [1.54, 1.807) is 40.8 Å². The number of para-hydroxylation sites is 1. The Morgan fingerprint density at radius 1 is 1.00 bits per heavy atom. The van der Waals surface area contributed by atoms with Crippen LogP contribution in [0.15, 0.2) is 36.5 Å². The van der Waals surface area contributed by atoms with Gasteiger partial charge in [0.1, 0.15) is 11.6 Å². The lowest BCUT2D eigenvalue weighted by Gasteiger charge is -2.36. The van der Waals surface area contributed by atoms with Crippen LogP contribution < -0.4 is 16.1 Å². The number of carbonyl (C=O) groups is 4. The van der Waals surface area contributed by atoms with E-state index in [0.717, 1.165) is 10.9 Å². The van der Waals surface area contributed by atoms with Gasteiger partial charge >= 0.3 is 12.0 Å². The fraction of sp³-hybridized carbons (Fsp3) is 0.567. The summed E-state index contributed by atoms with van der Waals surface area (Å²) in [4.78, 5) is 62.6. The summed E-state index contributed by atoms with van der Waals surface area (Å²) in [7, 11) is 0. The molecule has 2 aromatic rings. The van der Waals surface area contributed by atoms with Crippen LogP contribution in [-0.2, 0) is 40.0 Å². The Hall–Kier alpha value is -3.81. The molecule has 13 nitrogen and oxygen atoms in total. The lowest BCUT2D eigenvalue weighted by atomic mass is 10.1. The van der Waals surface area contributed by atoms with Crippen LogP contribution in [0.5, 0.6) is 0 Å². The third kappa shape index (κ3) is 11.8. The number of pyridine rings is 1. The van der Waals surface area contributed by atoms with Gasteiger partial charge in [-0.3, -0.25) is 24.2 Å². The zero-order valence-electron chi connectivity index (χ0n) is 26.1. The normalized spacial score (nSPS) is 12.8. The molecule has 3 N–H and O–H groups in total. The van der Waals surface area contributed by atoms with Crippen molar-refractivity contribution >= 4 is 34.7 Å². The summed E-state index contributed by atoms with van der Waals surface area (Å²) in [5.41, 5.74) is 2.73. The minimum absolute atomic E-state index is 0.0843. The predicted molar refractivity (Wildman–Crippen MR) is 159 cm³/mol. The number of benzene rings is 1. The lowest BCUT2D eigenvalue weighted by Crippen LogP contribution is -2.55. The van der Waals surface area contributed by atoms with Crippen molar-refractivity contribution in [1.82, 2.24) is 26.0 Å². The minimum atomic E-state index is -1.33. The molecule has 0 saturated heterocycles. The molecule has 1 aromatic heterocycles. The fourth-order valence-corrected chi connectivity index (χ4v) is 4.25. The highest BCUT2D eigenvalue weighted by atomic mass is 16.7. The number of nitrogens with one attached hydrogen (secondary N) is 3. The van der Waals surface area contributed by atoms with Crippen molar-refractivity contribution in [3.8, 4) is 0 Å². The van der Waals surface area contributed by atoms with Crippen molar-refractivity contribution in [2.24, 2.45) is 0 Å². The van der Waals surface area contributed by atoms with Gasteiger partial charge in [0, 0.05) is 37.9 Å². The molecule has 0 spiro atoms. The second kappa shape index (κ2) is 17.3. The van der Waals surface area contributed by atoms with Crippen LogP contribution in [0, 0.1) is 0 Å². The van der Waals surface area contributed by atoms with E-state index < -0.39 is 60.8 Å². The van der Waals surface area contributed by atoms with Crippen molar-refractivity contribution in [3.05, 3.63) is 42.1 Å². The maximum atomic E-state index is 14.3. The van der Waals surface area contributed by atoms with Crippen LogP contribution in [0.25, 0.3) is 10.9 Å². The molecule has 2 unspecified atom stereocenters. The first-order valence-electron chi connectivity index (χ1n) is 14.4. The third-order valence-corrected chi connectivity index (χ3v) is 6.02. The summed E-state index contributed by atoms with van der Waals surface area (Å²) in [5.74, 6) is -1.98. The first kappa shape index (κ1) is 35.4. The molecular formula is C30H45N5O8. The van der Waals surface area contributed by atoms with E-state index in [0.29, 0.717) is 25.3 Å². The Balaban J connectivity index is 2.44. The Kier molecular flexibility index (Phi) is 14.3. The van der Waals surface area contributed by atoms with Crippen LogP contribution in [0.3, 0.4) is 0 Å². The van der Waals surface area contributed by atoms with Gasteiger partial charge < -0.3 is 29.7 Å². The zero-order valence-corrected chi connectivity index (χ0v) is 26.1. The molecule has 1 heterocycles. The molecule has 0 fully saturated rings. The van der Waals surface area contributed by atoms with E-state index in [2.05, 4.69) is 21.1 Å². The molecule has 0 aliphatic carbocycles. The lowest BCUT2D eigenvalue weighted by molar-refractivity contribution is -0.180. The van der Waals surface area contributed by atoms with Gasteiger partial charge in [0.25, 0.3) is 0 Å². The summed E-state index contributed by atoms with van der Waals surface area (Å²) in [6, 6.07) is 6.81. The standard InChI is InChI=1S/C30H45N5O8/c1-8-31-29(39)34-42-19-24(36)33-23(17-25(37)43-30(5,6)7)27(38)35(20(4)28(40-9-2)41-10-3)18-22-14-11-13-21-15-12-16-32-26(21)22/h11-16,20,23,28H,8-10,17-19H2,1-7H3,(H,33,36)(H2,31,34,39). The molecule has 0 saturated carbocycles. The number of hydrogen-bond donors (Lipinski definition) is 3. The van der Waals surface area contributed by atoms with Crippen LogP contribution in [-0.4, -0.2) is 84.0 Å². The summed E-state index contributed by atoms with van der Waals surface area (Å²) in [5, 5.41) is 5.93. The molecule has 13 heteroatoms. The Bertz CT molecular complexity index is 1210. The van der Waals surface area contributed by atoms with Crippen LogP contribution in [0.2, 0.25) is 0 Å². The van der Waals surface area contributed by atoms with Gasteiger partial charge in [-0.2, -0.15) is 0 Å². The van der Waals surface area contributed by atoms with E-state index in [1.807, 2.05) is 44.2 Å². The van der Waals surface area contributed by atoms with Crippen molar-refractivity contribution in [2.75, 3.05) is 26.4 Å². The minimum Gasteiger partial charge on any atom is -0.460 e. The van der Waals surface area contributed by atoms with Crippen molar-refractivity contribution in [2.45, 2.75) is 85.4 Å². The number of amides is 4. The van der Waals surface area contributed by atoms with E-state index in [4.69, 9.17) is 19.0 Å². The fourth-order valence-electron chi connectivity index (χ4n) is 4.25. The molecule has 2 rings (SSSR count). The molecule has 1 aromatic carbocycles. The number of urea groups is 1. The smallest absolute Gasteiger partial charge is 0.338 e. The Labute approximate surface area is 252 Å². The molecule has 0 aliphatic rings. The van der Waals surface area contributed by atoms with Crippen molar-refractivity contribution in [1.29, 1.82) is 0 Å². The zero-order chi connectivity index (χ0) is 32.0. The van der Waals surface area contributed by atoms with Gasteiger partial charge in [0.05, 0.1) is 18.0 Å². The average molecular weight is 604 g/mol. The van der Waals surface area contributed by atoms with Gasteiger partial charge in [0.2, 0.25) is 11.8 Å². The van der Waals surface area contributed by atoms with E-state index in [1.165, 1.54) is 4.90 Å². The first-order chi connectivity index (χ1) is 20.4. The van der Waals surface area contributed by atoms with Crippen LogP contribution in [0.4, 0.5) is 4.79 Å². The van der Waals surface area contributed by atoms with E-state index in [9.17, 15) is 19.2 Å². The molecule has 0 bridgehead atoms. The number of hydrogen-bond acceptors (Lipinski definition) is 9. The van der Waals surface area contributed by atoms with Gasteiger partial charge in [-0.25, -0.2) is 10.3 Å². The molecule has 0 radical (unpaired) electrons. The highest BCUT2D eigenvalue weighted by Crippen LogP contribution is 2.22. The molecule has 2 atom stereocenters. The number of fused-ring (bicyclic) bond motifs is 1. The number of ether oxygens (including phenoxy) is 3. The summed E-state index contributed by atoms with van der Waals surface area (Å²) < 4.78 is 17.1. The van der Waals surface area contributed by atoms with Crippen molar-refractivity contribution < 1.29 is 38.2 Å². The highest BCUT2D eigenvalue weighted by molar-refractivity contribution is 5.92. The maximum Gasteiger partial charge on any atom is 0.338 e. The molecular weight excluding hydrogens is 558 g/mol. The number of aromatic nitrogens is 1. The number of carbonyl (C=O) groups excluding carboxylic acids is 4. The second-order valence-corrected chi connectivity index (χ2v) is 10.6. The quantitative estimate of drug-likeness (QED) is 0.149. The number of nitrogens with zero attached hydrogens (tertiary/aromatic N) is 2. The second-order valence-electron chi connectivity index (χ2n) is 10.6. The SMILES string of the molecule is CCNC(=O)NOCC(=O)NC(CC(=O)OC(C)(C)C)C(=O)N(Cc1cccc2cccnc12)C(C)C(OCC)OCC. The average Bonchev–Trinajstić information content (AvgIpc) is 2.94. The molecule has 0 aliphatic heterocycles. The van der Waals surface area contributed by atoms with Gasteiger partial charge in [-0.05, 0) is 60.1 Å². The summed E-state index contributed by atoms with van der Waals surface area (Å²) in [6.07, 6.45) is 0.436. The number of esters is 1. The highest BCUT2D eigenvalue weighted by Gasteiger charge is 2.36. The largest absolute Gasteiger partial charge is 0.460 e. The maximum absolute atomic E-state index is 14.3.